The van der Waals surface area contributed by atoms with Gasteiger partial charge in [0.15, 0.2) is 0 Å². The Hall–Kier alpha value is -1.61. The predicted octanol–water partition coefficient (Wildman–Crippen LogP) is 1.52. The van der Waals surface area contributed by atoms with Crippen LogP contribution in [0.1, 0.15) is 72.6 Å². The Balaban J connectivity index is 0.00000304. The first kappa shape index (κ1) is 27.4. The molecule has 2 aromatic heterocycles. The topological polar surface area (TPSA) is 93.5 Å². The van der Waals surface area contributed by atoms with Crippen LogP contribution in [0.4, 0.5) is 4.39 Å². The van der Waals surface area contributed by atoms with Gasteiger partial charge < -0.3 is 20.1 Å². The van der Waals surface area contributed by atoms with Crippen molar-refractivity contribution in [1.29, 1.82) is 0 Å². The molecule has 2 atom stereocenters. The number of thiophene rings is 1. The maximum absolute atomic E-state index is 13.8. The van der Waals surface area contributed by atoms with Crippen molar-refractivity contribution in [3.05, 3.63) is 57.9 Å². The van der Waals surface area contributed by atoms with E-state index in [1.807, 2.05) is 6.08 Å². The summed E-state index contributed by atoms with van der Waals surface area (Å²) in [5.74, 6) is -1.29. The van der Waals surface area contributed by atoms with Crippen molar-refractivity contribution in [2.75, 3.05) is 0 Å². The molecule has 1 saturated carbocycles. The number of carboxylic acid groups (broad SMARTS) is 1. The molecule has 0 aliphatic heterocycles. The number of carbonyl (C=O) groups is 1. The zero-order valence-corrected chi connectivity index (χ0v) is 23.3. The molecule has 36 heavy (non-hydrogen) atoms. The second-order valence-corrected chi connectivity index (χ2v) is 10.8. The van der Waals surface area contributed by atoms with Gasteiger partial charge in [0.1, 0.15) is 10.6 Å². The number of carbonyl (C=O) groups excluding carboxylic acids is 1. The molecule has 2 heterocycles. The number of nitrogens with zero attached hydrogens (tertiary/aromatic N) is 1. The normalized spacial score (nSPS) is 17.4. The first-order valence-corrected chi connectivity index (χ1v) is 13.2. The molecule has 0 saturated heterocycles. The fourth-order valence-corrected chi connectivity index (χ4v) is 6.37. The SMILES string of the molecule is O=C([O-])CC(O)CC(O)/C=C/c1c(C2CC2)nc2sc3c(c2c1-c1ccc(F)cc1)CCCCC3.[Na+]. The number of aryl methyl sites for hydroxylation is 2. The van der Waals surface area contributed by atoms with Crippen molar-refractivity contribution in [3.8, 4) is 11.1 Å². The third-order valence-electron chi connectivity index (χ3n) is 6.92. The van der Waals surface area contributed by atoms with Crippen LogP contribution in [0.25, 0.3) is 27.4 Å². The van der Waals surface area contributed by atoms with Crippen LogP contribution >= 0.6 is 11.3 Å². The van der Waals surface area contributed by atoms with E-state index in [0.717, 1.165) is 64.7 Å². The minimum atomic E-state index is -1.35. The molecule has 0 spiro atoms. The average Bonchev–Trinajstić information content (AvgIpc) is 3.62. The summed E-state index contributed by atoms with van der Waals surface area (Å²) in [6, 6.07) is 6.56. The van der Waals surface area contributed by atoms with Crippen LogP contribution < -0.4 is 34.7 Å². The second kappa shape index (κ2) is 11.8. The summed E-state index contributed by atoms with van der Waals surface area (Å²) in [7, 11) is 0. The number of halogens is 1. The molecular weight excluding hydrogens is 488 g/mol. The first-order valence-electron chi connectivity index (χ1n) is 12.4. The molecule has 184 valence electrons. The Morgan fingerprint density at radius 2 is 1.89 bits per heavy atom. The molecular formula is C28H29FNNaO4S. The Morgan fingerprint density at radius 3 is 2.58 bits per heavy atom. The maximum Gasteiger partial charge on any atom is 1.00 e. The number of pyridine rings is 1. The molecule has 5 rings (SSSR count). The number of aliphatic hydroxyl groups excluding tert-OH is 2. The van der Waals surface area contributed by atoms with Gasteiger partial charge in [-0.2, -0.15) is 0 Å². The number of benzene rings is 1. The molecule has 0 radical (unpaired) electrons. The Bertz CT molecular complexity index is 1270. The van der Waals surface area contributed by atoms with Gasteiger partial charge in [-0.15, -0.1) is 11.3 Å². The number of hydrogen-bond acceptors (Lipinski definition) is 6. The number of aliphatic hydroxyl groups is 2. The van der Waals surface area contributed by atoms with E-state index in [2.05, 4.69) is 0 Å². The third-order valence-corrected chi connectivity index (χ3v) is 8.10. The Morgan fingerprint density at radius 1 is 1.17 bits per heavy atom. The molecule has 1 fully saturated rings. The number of carboxylic acids is 1. The van der Waals surface area contributed by atoms with Crippen LogP contribution in [0.15, 0.2) is 30.3 Å². The van der Waals surface area contributed by atoms with E-state index in [-0.39, 0.29) is 41.8 Å². The summed E-state index contributed by atoms with van der Waals surface area (Å²) in [6.07, 6.45) is 8.30. The van der Waals surface area contributed by atoms with Gasteiger partial charge in [-0.25, -0.2) is 9.37 Å². The van der Waals surface area contributed by atoms with E-state index in [9.17, 15) is 24.5 Å². The van der Waals surface area contributed by atoms with E-state index < -0.39 is 24.6 Å². The quantitative estimate of drug-likeness (QED) is 0.349. The summed E-state index contributed by atoms with van der Waals surface area (Å²) in [6.45, 7) is 0. The Kier molecular flexibility index (Phi) is 9.02. The average molecular weight is 518 g/mol. The standard InChI is InChI=1S/C28H30FNO4S.Na/c29-18-10-8-16(9-11-18)25-22(13-12-19(31)14-20(32)15-24(33)34)27(17-6-7-17)30-28-26(25)21-4-2-1-3-5-23(21)35-28;/h8-13,17,19-20,31-32H,1-7,14-15H2,(H,33,34);/q;+1/p-1/b13-12+;. The van der Waals surface area contributed by atoms with E-state index in [1.54, 1.807) is 29.5 Å². The molecule has 2 aliphatic rings. The van der Waals surface area contributed by atoms with Crippen LogP contribution in [0.3, 0.4) is 0 Å². The number of aliphatic carboxylic acids is 1. The van der Waals surface area contributed by atoms with Gasteiger partial charge in [0.25, 0.3) is 0 Å². The fraction of sp³-hybridized carbons (Fsp3) is 0.429. The monoisotopic (exact) mass is 517 g/mol. The summed E-state index contributed by atoms with van der Waals surface area (Å²) in [5.41, 5.74) is 5.19. The molecule has 2 unspecified atom stereocenters. The predicted molar refractivity (Wildman–Crippen MR) is 134 cm³/mol. The number of hydrogen-bond donors (Lipinski definition) is 2. The first-order chi connectivity index (χ1) is 16.9. The summed E-state index contributed by atoms with van der Waals surface area (Å²) < 4.78 is 13.8. The van der Waals surface area contributed by atoms with Crippen molar-refractivity contribution < 1.29 is 54.1 Å². The molecule has 2 aliphatic carbocycles. The Labute approximate surface area is 236 Å². The van der Waals surface area contributed by atoms with Crippen molar-refractivity contribution in [3.63, 3.8) is 0 Å². The smallest absolute Gasteiger partial charge is 0.550 e. The van der Waals surface area contributed by atoms with Crippen molar-refractivity contribution in [2.45, 2.75) is 75.9 Å². The molecule has 1 aromatic carbocycles. The minimum Gasteiger partial charge on any atom is -0.550 e. The van der Waals surface area contributed by atoms with Crippen LogP contribution in [0, 0.1) is 5.82 Å². The van der Waals surface area contributed by atoms with E-state index >= 15 is 0 Å². The zero-order chi connectivity index (χ0) is 24.5. The number of aromatic nitrogens is 1. The largest absolute Gasteiger partial charge is 1.00 e. The minimum absolute atomic E-state index is 0. The van der Waals surface area contributed by atoms with Gasteiger partial charge in [0.05, 0.1) is 17.9 Å². The molecule has 0 amide bonds. The number of rotatable bonds is 8. The van der Waals surface area contributed by atoms with Gasteiger partial charge in [0, 0.05) is 46.1 Å². The van der Waals surface area contributed by atoms with Crippen LogP contribution in [-0.2, 0) is 17.6 Å². The maximum atomic E-state index is 13.8. The van der Waals surface area contributed by atoms with E-state index in [4.69, 9.17) is 4.98 Å². The molecule has 0 bridgehead atoms. The summed E-state index contributed by atoms with van der Waals surface area (Å²) in [4.78, 5) is 18.3. The van der Waals surface area contributed by atoms with Crippen molar-refractivity contribution in [2.24, 2.45) is 0 Å². The summed E-state index contributed by atoms with van der Waals surface area (Å²) >= 11 is 1.78. The van der Waals surface area contributed by atoms with E-state index in [1.165, 1.54) is 35.4 Å². The molecule has 5 nitrogen and oxygen atoms in total. The molecule has 3 aromatic rings. The van der Waals surface area contributed by atoms with Gasteiger partial charge in [-0.05, 0) is 61.8 Å². The van der Waals surface area contributed by atoms with Gasteiger partial charge in [-0.3, -0.25) is 0 Å². The number of fused-ring (bicyclic) bond motifs is 3. The molecule has 2 N–H and O–H groups in total. The third kappa shape index (κ3) is 6.09. The van der Waals surface area contributed by atoms with Gasteiger partial charge in [-0.1, -0.05) is 30.7 Å². The van der Waals surface area contributed by atoms with E-state index in [0.29, 0.717) is 5.92 Å². The van der Waals surface area contributed by atoms with Crippen LogP contribution in [0.5, 0.6) is 0 Å². The summed E-state index contributed by atoms with van der Waals surface area (Å²) in [5, 5.41) is 32.3. The van der Waals surface area contributed by atoms with Crippen molar-refractivity contribution >= 4 is 33.6 Å². The van der Waals surface area contributed by atoms with Crippen molar-refractivity contribution in [1.82, 2.24) is 4.98 Å². The van der Waals surface area contributed by atoms with Crippen LogP contribution in [-0.4, -0.2) is 33.4 Å². The van der Waals surface area contributed by atoms with Crippen LogP contribution in [0.2, 0.25) is 0 Å². The zero-order valence-electron chi connectivity index (χ0n) is 20.5. The fourth-order valence-electron chi connectivity index (χ4n) is 5.09. The van der Waals surface area contributed by atoms with Gasteiger partial charge in [0.2, 0.25) is 0 Å². The second-order valence-electron chi connectivity index (χ2n) is 9.70. The van der Waals surface area contributed by atoms with Gasteiger partial charge >= 0.3 is 29.6 Å². The molecule has 8 heteroatoms.